The van der Waals surface area contributed by atoms with Crippen molar-refractivity contribution in [2.24, 2.45) is 23.5 Å². The van der Waals surface area contributed by atoms with E-state index < -0.39 is 0 Å². The molecule has 4 atom stereocenters. The molecule has 0 aromatic carbocycles. The standard InChI is InChI=1S/C13H19N3OS/c1-2-9-6-15-13(18-9)16-12(17)8-3-7-5-11(14)10(7)4-8/h6-8,10-11H,2-5,14H2,1H3,(H,15,16,17). The Kier molecular flexibility index (Phi) is 3.11. The lowest BCUT2D eigenvalue weighted by Crippen LogP contribution is -2.44. The molecule has 3 N–H and O–H groups in total. The molecule has 0 bridgehead atoms. The van der Waals surface area contributed by atoms with Crippen LogP contribution in [-0.4, -0.2) is 16.9 Å². The van der Waals surface area contributed by atoms with E-state index in [0.717, 1.165) is 30.8 Å². The van der Waals surface area contributed by atoms with Crippen molar-refractivity contribution in [3.05, 3.63) is 11.1 Å². The van der Waals surface area contributed by atoms with Gasteiger partial charge in [-0.1, -0.05) is 6.92 Å². The Morgan fingerprint density at radius 3 is 3.00 bits per heavy atom. The summed E-state index contributed by atoms with van der Waals surface area (Å²) in [6, 6.07) is 0.333. The number of nitrogens with two attached hydrogens (primary N) is 1. The Morgan fingerprint density at radius 1 is 1.56 bits per heavy atom. The molecule has 0 aliphatic heterocycles. The van der Waals surface area contributed by atoms with E-state index in [1.807, 2.05) is 6.20 Å². The number of aromatic nitrogens is 1. The van der Waals surface area contributed by atoms with Crippen molar-refractivity contribution in [3.63, 3.8) is 0 Å². The van der Waals surface area contributed by atoms with Gasteiger partial charge in [0.25, 0.3) is 0 Å². The first-order valence-electron chi connectivity index (χ1n) is 6.68. The summed E-state index contributed by atoms with van der Waals surface area (Å²) >= 11 is 1.57. The van der Waals surface area contributed by atoms with Crippen molar-refractivity contribution in [1.82, 2.24) is 4.98 Å². The second-order valence-corrected chi connectivity index (χ2v) is 6.58. The fourth-order valence-electron chi connectivity index (χ4n) is 3.23. The van der Waals surface area contributed by atoms with Crippen LogP contribution in [0.5, 0.6) is 0 Å². The van der Waals surface area contributed by atoms with Crippen molar-refractivity contribution in [3.8, 4) is 0 Å². The molecule has 0 radical (unpaired) electrons. The Bertz CT molecular complexity index is 459. The highest BCUT2D eigenvalue weighted by molar-refractivity contribution is 7.15. The average Bonchev–Trinajstić information content (AvgIpc) is 2.92. The van der Waals surface area contributed by atoms with E-state index in [0.29, 0.717) is 17.9 Å². The maximum Gasteiger partial charge on any atom is 0.229 e. The molecule has 2 aliphatic carbocycles. The molecule has 1 aromatic heterocycles. The Hall–Kier alpha value is -0.940. The molecule has 0 spiro atoms. The minimum atomic E-state index is 0.133. The lowest BCUT2D eigenvalue weighted by atomic mass is 9.72. The smallest absolute Gasteiger partial charge is 0.229 e. The van der Waals surface area contributed by atoms with Crippen LogP contribution in [0.1, 0.15) is 31.1 Å². The number of aryl methyl sites for hydroxylation is 1. The van der Waals surface area contributed by atoms with Crippen LogP contribution in [-0.2, 0) is 11.2 Å². The van der Waals surface area contributed by atoms with E-state index in [-0.39, 0.29) is 11.8 Å². The second kappa shape index (κ2) is 4.63. The molecule has 1 aromatic rings. The van der Waals surface area contributed by atoms with Gasteiger partial charge >= 0.3 is 0 Å². The van der Waals surface area contributed by atoms with Crippen molar-refractivity contribution < 1.29 is 4.79 Å². The second-order valence-electron chi connectivity index (χ2n) is 5.47. The first-order valence-corrected chi connectivity index (χ1v) is 7.50. The van der Waals surface area contributed by atoms with Gasteiger partial charge in [-0.05, 0) is 37.5 Å². The van der Waals surface area contributed by atoms with Gasteiger partial charge in [-0.2, -0.15) is 0 Å². The number of thiazole rings is 1. The molecule has 98 valence electrons. The summed E-state index contributed by atoms with van der Waals surface area (Å²) in [5.41, 5.74) is 5.96. The third-order valence-corrected chi connectivity index (χ3v) is 5.43. The maximum absolute atomic E-state index is 12.2. The molecule has 1 heterocycles. The van der Waals surface area contributed by atoms with Gasteiger partial charge in [0.1, 0.15) is 0 Å². The summed E-state index contributed by atoms with van der Waals surface area (Å²) in [5, 5.41) is 3.69. The monoisotopic (exact) mass is 265 g/mol. The van der Waals surface area contributed by atoms with Gasteiger partial charge in [0.15, 0.2) is 5.13 Å². The Balaban J connectivity index is 1.59. The van der Waals surface area contributed by atoms with Crippen LogP contribution in [0.25, 0.3) is 0 Å². The van der Waals surface area contributed by atoms with Gasteiger partial charge < -0.3 is 11.1 Å². The van der Waals surface area contributed by atoms with E-state index in [4.69, 9.17) is 5.73 Å². The van der Waals surface area contributed by atoms with E-state index in [2.05, 4.69) is 17.2 Å². The number of carbonyl (C=O) groups excluding carboxylic acids is 1. The van der Waals surface area contributed by atoms with Crippen LogP contribution in [0.3, 0.4) is 0 Å². The number of nitrogens with zero attached hydrogens (tertiary/aromatic N) is 1. The topological polar surface area (TPSA) is 68.0 Å². The number of anilines is 1. The summed E-state index contributed by atoms with van der Waals surface area (Å²) < 4.78 is 0. The zero-order valence-electron chi connectivity index (χ0n) is 10.6. The summed E-state index contributed by atoms with van der Waals surface area (Å²) in [4.78, 5) is 17.6. The molecular formula is C13H19N3OS. The molecule has 4 unspecified atom stereocenters. The fourth-order valence-corrected chi connectivity index (χ4v) is 3.99. The molecule has 2 fully saturated rings. The molecule has 18 heavy (non-hydrogen) atoms. The molecule has 5 heteroatoms. The van der Waals surface area contributed by atoms with Crippen molar-refractivity contribution in [2.75, 3.05) is 5.32 Å². The lowest BCUT2D eigenvalue weighted by Gasteiger charge is -2.37. The van der Waals surface area contributed by atoms with Gasteiger partial charge in [0.05, 0.1) is 0 Å². The minimum absolute atomic E-state index is 0.133. The maximum atomic E-state index is 12.2. The number of hydrogen-bond acceptors (Lipinski definition) is 4. The number of rotatable bonds is 3. The van der Waals surface area contributed by atoms with Crippen LogP contribution >= 0.6 is 11.3 Å². The Labute approximate surface area is 111 Å². The van der Waals surface area contributed by atoms with Gasteiger partial charge in [0.2, 0.25) is 5.91 Å². The lowest BCUT2D eigenvalue weighted by molar-refractivity contribution is -0.119. The third-order valence-electron chi connectivity index (χ3n) is 4.38. The van der Waals surface area contributed by atoms with Gasteiger partial charge in [0, 0.05) is 23.0 Å². The van der Waals surface area contributed by atoms with Crippen LogP contribution in [0.2, 0.25) is 0 Å². The first-order chi connectivity index (χ1) is 8.67. The quantitative estimate of drug-likeness (QED) is 0.878. The first kappa shape index (κ1) is 12.1. The van der Waals surface area contributed by atoms with Crippen LogP contribution in [0.15, 0.2) is 6.20 Å². The van der Waals surface area contributed by atoms with E-state index in [1.165, 1.54) is 4.88 Å². The third kappa shape index (κ3) is 2.06. The van der Waals surface area contributed by atoms with Gasteiger partial charge in [-0.15, -0.1) is 11.3 Å². The van der Waals surface area contributed by atoms with Crippen LogP contribution in [0, 0.1) is 17.8 Å². The van der Waals surface area contributed by atoms with Crippen molar-refractivity contribution in [2.45, 2.75) is 38.6 Å². The number of amides is 1. The van der Waals surface area contributed by atoms with Gasteiger partial charge in [-0.3, -0.25) is 4.79 Å². The van der Waals surface area contributed by atoms with Crippen molar-refractivity contribution in [1.29, 1.82) is 0 Å². The van der Waals surface area contributed by atoms with Crippen molar-refractivity contribution >= 4 is 22.4 Å². The van der Waals surface area contributed by atoms with Crippen LogP contribution in [0.4, 0.5) is 5.13 Å². The molecule has 3 rings (SSSR count). The molecule has 1 amide bonds. The highest BCUT2D eigenvalue weighted by Crippen LogP contribution is 2.49. The predicted molar refractivity (Wildman–Crippen MR) is 72.4 cm³/mol. The van der Waals surface area contributed by atoms with Crippen LogP contribution < -0.4 is 11.1 Å². The summed E-state index contributed by atoms with van der Waals surface area (Å²) in [5.74, 6) is 1.55. The van der Waals surface area contributed by atoms with E-state index in [1.54, 1.807) is 11.3 Å². The highest BCUT2D eigenvalue weighted by atomic mass is 32.1. The average molecular weight is 265 g/mol. The highest BCUT2D eigenvalue weighted by Gasteiger charge is 2.47. The zero-order valence-corrected chi connectivity index (χ0v) is 11.4. The normalized spacial score (nSPS) is 33.9. The fraction of sp³-hybridized carbons (Fsp3) is 0.692. The number of carbonyl (C=O) groups is 1. The molecule has 0 saturated heterocycles. The van der Waals surface area contributed by atoms with Gasteiger partial charge in [-0.25, -0.2) is 4.98 Å². The molecule has 2 saturated carbocycles. The predicted octanol–water partition coefficient (Wildman–Crippen LogP) is 2.02. The number of fused-ring (bicyclic) bond motifs is 1. The molecular weight excluding hydrogens is 246 g/mol. The summed E-state index contributed by atoms with van der Waals surface area (Å²) in [7, 11) is 0. The number of hydrogen-bond donors (Lipinski definition) is 2. The Morgan fingerprint density at radius 2 is 2.39 bits per heavy atom. The SMILES string of the molecule is CCc1cnc(NC(=O)C2CC3CC(N)C3C2)s1. The summed E-state index contributed by atoms with van der Waals surface area (Å²) in [6.45, 7) is 2.09. The largest absolute Gasteiger partial charge is 0.327 e. The number of nitrogens with one attached hydrogen (secondary N) is 1. The van der Waals surface area contributed by atoms with E-state index >= 15 is 0 Å². The summed E-state index contributed by atoms with van der Waals surface area (Å²) in [6.07, 6.45) is 5.88. The molecule has 2 aliphatic rings. The molecule has 4 nitrogen and oxygen atoms in total. The zero-order chi connectivity index (χ0) is 12.7. The minimum Gasteiger partial charge on any atom is -0.327 e. The van der Waals surface area contributed by atoms with E-state index in [9.17, 15) is 4.79 Å².